The maximum Gasteiger partial charge on any atom is 0.349 e. The van der Waals surface area contributed by atoms with Crippen LogP contribution in [0.3, 0.4) is 0 Å². The van der Waals surface area contributed by atoms with Crippen LogP contribution in [0.25, 0.3) is 10.6 Å². The summed E-state index contributed by atoms with van der Waals surface area (Å²) in [5.74, 6) is -0.0513. The summed E-state index contributed by atoms with van der Waals surface area (Å²) in [6, 6.07) is 14.6. The molecule has 1 aromatic heterocycles. The summed E-state index contributed by atoms with van der Waals surface area (Å²) in [7, 11) is 0. The number of amides is 1. The highest BCUT2D eigenvalue weighted by Crippen LogP contribution is 2.28. The van der Waals surface area contributed by atoms with Gasteiger partial charge in [0.25, 0.3) is 5.91 Å². The second-order valence-corrected chi connectivity index (χ2v) is 8.71. The topological polar surface area (TPSA) is 104 Å². The molecule has 3 rings (SSSR count). The molecule has 0 saturated carbocycles. The van der Waals surface area contributed by atoms with E-state index in [1.807, 2.05) is 43.3 Å². The summed E-state index contributed by atoms with van der Waals surface area (Å²) in [5.41, 5.74) is 7.85. The van der Waals surface area contributed by atoms with Crippen molar-refractivity contribution >= 4 is 28.9 Å². The van der Waals surface area contributed by atoms with Gasteiger partial charge in [-0.1, -0.05) is 12.1 Å². The molecule has 2 aromatic carbocycles. The van der Waals surface area contributed by atoms with Gasteiger partial charge in [0.1, 0.15) is 15.6 Å². The Balaban J connectivity index is 1.60. The van der Waals surface area contributed by atoms with E-state index in [0.29, 0.717) is 35.2 Å². The number of nitrogen functional groups attached to an aromatic ring is 1. The van der Waals surface area contributed by atoms with Crippen LogP contribution < -0.4 is 15.8 Å². The van der Waals surface area contributed by atoms with Gasteiger partial charge >= 0.3 is 5.97 Å². The highest BCUT2D eigenvalue weighted by molar-refractivity contribution is 7.17. The number of esters is 1. The number of ether oxygens (including phenoxy) is 2. The molecular formula is C24H27N3O4S. The van der Waals surface area contributed by atoms with E-state index in [9.17, 15) is 9.59 Å². The van der Waals surface area contributed by atoms with Crippen molar-refractivity contribution in [2.24, 2.45) is 0 Å². The van der Waals surface area contributed by atoms with Crippen molar-refractivity contribution in [3.63, 3.8) is 0 Å². The van der Waals surface area contributed by atoms with E-state index in [0.717, 1.165) is 16.1 Å². The number of rotatable bonds is 8. The molecular weight excluding hydrogens is 426 g/mol. The van der Waals surface area contributed by atoms with Crippen LogP contribution in [0.15, 0.2) is 48.5 Å². The molecule has 3 aromatic rings. The first-order chi connectivity index (χ1) is 15.2. The molecule has 168 valence electrons. The summed E-state index contributed by atoms with van der Waals surface area (Å²) >= 11 is 1.35. The Hall–Kier alpha value is -3.39. The summed E-state index contributed by atoms with van der Waals surface area (Å²) in [6.45, 7) is 7.55. The number of anilines is 1. The van der Waals surface area contributed by atoms with Gasteiger partial charge in [0.05, 0.1) is 12.3 Å². The van der Waals surface area contributed by atoms with Crippen LogP contribution in [0.2, 0.25) is 0 Å². The number of thiazole rings is 1. The molecule has 0 aliphatic rings. The van der Waals surface area contributed by atoms with Gasteiger partial charge in [-0.3, -0.25) is 4.79 Å². The summed E-state index contributed by atoms with van der Waals surface area (Å²) in [4.78, 5) is 29.8. The molecule has 1 heterocycles. The molecule has 0 saturated heterocycles. The van der Waals surface area contributed by atoms with Crippen molar-refractivity contribution in [2.75, 3.05) is 12.3 Å². The molecule has 1 amide bonds. The normalized spacial score (nSPS) is 11.1. The number of nitrogens with one attached hydrogen (secondary N) is 1. The Bertz CT molecular complexity index is 1090. The van der Waals surface area contributed by atoms with Gasteiger partial charge in [-0.25, -0.2) is 9.78 Å². The predicted molar refractivity (Wildman–Crippen MR) is 126 cm³/mol. The van der Waals surface area contributed by atoms with Gasteiger partial charge in [-0.05, 0) is 69.7 Å². The van der Waals surface area contributed by atoms with Crippen LogP contribution >= 0.6 is 11.3 Å². The van der Waals surface area contributed by atoms with Crippen LogP contribution in [0.5, 0.6) is 5.75 Å². The van der Waals surface area contributed by atoms with E-state index in [4.69, 9.17) is 15.2 Å². The smallest absolute Gasteiger partial charge is 0.349 e. The largest absolute Gasteiger partial charge is 0.476 e. The quantitative estimate of drug-likeness (QED) is 0.388. The molecule has 0 fully saturated rings. The van der Waals surface area contributed by atoms with Gasteiger partial charge in [0, 0.05) is 17.8 Å². The minimum atomic E-state index is -1.09. The lowest BCUT2D eigenvalue weighted by atomic mass is 10.1. The highest BCUT2D eigenvalue weighted by Gasteiger charge is 2.31. The van der Waals surface area contributed by atoms with Crippen LogP contribution in [-0.2, 0) is 16.1 Å². The molecule has 7 nitrogen and oxygen atoms in total. The number of aryl methyl sites for hydroxylation is 1. The number of carbonyl (C=O) groups excluding carboxylic acids is 2. The predicted octanol–water partition coefficient (Wildman–Crippen LogP) is 4.35. The first-order valence-electron chi connectivity index (χ1n) is 10.3. The zero-order valence-corrected chi connectivity index (χ0v) is 19.4. The minimum absolute atomic E-state index is 0.175. The van der Waals surface area contributed by atoms with E-state index in [1.54, 1.807) is 32.9 Å². The lowest BCUT2D eigenvalue weighted by Crippen LogP contribution is -2.39. The lowest BCUT2D eigenvalue weighted by molar-refractivity contribution is -0.158. The molecule has 0 aliphatic carbocycles. The van der Waals surface area contributed by atoms with Crippen LogP contribution in [0, 0.1) is 6.92 Å². The zero-order chi connectivity index (χ0) is 23.3. The van der Waals surface area contributed by atoms with Gasteiger partial charge in [0.15, 0.2) is 5.60 Å². The SMILES string of the molecule is CCOC(=O)C(C)(C)Oc1ccc(CNC(=O)c2sc(-c3ccc(N)cc3)nc2C)cc1. The molecule has 0 spiro atoms. The zero-order valence-electron chi connectivity index (χ0n) is 18.6. The van der Waals surface area contributed by atoms with Crippen LogP contribution in [-0.4, -0.2) is 29.1 Å². The van der Waals surface area contributed by atoms with Gasteiger partial charge in [-0.2, -0.15) is 0 Å². The summed E-state index contributed by atoms with van der Waals surface area (Å²) < 4.78 is 10.8. The van der Waals surface area contributed by atoms with Crippen LogP contribution in [0.1, 0.15) is 41.7 Å². The Morgan fingerprint density at radius 1 is 1.09 bits per heavy atom. The molecule has 0 unspecified atom stereocenters. The number of carbonyl (C=O) groups is 2. The fourth-order valence-electron chi connectivity index (χ4n) is 2.94. The molecule has 0 radical (unpaired) electrons. The van der Waals surface area contributed by atoms with Crippen molar-refractivity contribution in [3.05, 3.63) is 64.7 Å². The number of hydrogen-bond acceptors (Lipinski definition) is 7. The first kappa shape index (κ1) is 23.3. The van der Waals surface area contributed by atoms with Gasteiger partial charge in [0.2, 0.25) is 0 Å². The summed E-state index contributed by atoms with van der Waals surface area (Å²) in [6.07, 6.45) is 0. The first-order valence-corrected chi connectivity index (χ1v) is 11.1. The number of nitrogens with zero attached hydrogens (tertiary/aromatic N) is 1. The third kappa shape index (κ3) is 5.64. The lowest BCUT2D eigenvalue weighted by Gasteiger charge is -2.24. The van der Waals surface area contributed by atoms with Gasteiger partial charge < -0.3 is 20.5 Å². The Morgan fingerprint density at radius 2 is 1.75 bits per heavy atom. The van der Waals surface area contributed by atoms with Crippen molar-refractivity contribution < 1.29 is 19.1 Å². The van der Waals surface area contributed by atoms with Crippen LogP contribution in [0.4, 0.5) is 5.69 Å². The molecule has 0 atom stereocenters. The third-order valence-corrected chi connectivity index (χ3v) is 5.88. The van der Waals surface area contributed by atoms with Gasteiger partial charge in [-0.15, -0.1) is 11.3 Å². The average Bonchev–Trinajstić information content (AvgIpc) is 3.15. The van der Waals surface area contributed by atoms with Crippen molar-refractivity contribution in [1.29, 1.82) is 0 Å². The van der Waals surface area contributed by atoms with Crippen molar-refractivity contribution in [1.82, 2.24) is 10.3 Å². The number of nitrogens with two attached hydrogens (primary N) is 1. The second-order valence-electron chi connectivity index (χ2n) is 7.72. The second kappa shape index (κ2) is 9.82. The fraction of sp³-hybridized carbons (Fsp3) is 0.292. The van der Waals surface area contributed by atoms with E-state index in [2.05, 4.69) is 10.3 Å². The van der Waals surface area contributed by atoms with Crippen molar-refractivity contribution in [3.8, 4) is 16.3 Å². The maximum atomic E-state index is 12.7. The molecule has 32 heavy (non-hydrogen) atoms. The highest BCUT2D eigenvalue weighted by atomic mass is 32.1. The monoisotopic (exact) mass is 453 g/mol. The molecule has 0 bridgehead atoms. The van der Waals surface area contributed by atoms with E-state index in [-0.39, 0.29) is 5.91 Å². The van der Waals surface area contributed by atoms with E-state index in [1.165, 1.54) is 11.3 Å². The minimum Gasteiger partial charge on any atom is -0.476 e. The summed E-state index contributed by atoms with van der Waals surface area (Å²) in [5, 5.41) is 3.71. The number of aromatic nitrogens is 1. The Labute approximate surface area is 191 Å². The Kier molecular flexibility index (Phi) is 7.15. The third-order valence-electron chi connectivity index (χ3n) is 4.68. The molecule has 8 heteroatoms. The van der Waals surface area contributed by atoms with E-state index >= 15 is 0 Å². The van der Waals surface area contributed by atoms with Crippen molar-refractivity contribution in [2.45, 2.75) is 39.8 Å². The fourth-order valence-corrected chi connectivity index (χ4v) is 3.92. The Morgan fingerprint density at radius 3 is 2.38 bits per heavy atom. The maximum absolute atomic E-state index is 12.7. The number of hydrogen-bond donors (Lipinski definition) is 2. The number of benzene rings is 2. The standard InChI is InChI=1S/C24H27N3O4S/c1-5-30-23(29)24(3,4)31-19-12-6-16(7-13-19)14-26-21(28)20-15(2)27-22(32-20)17-8-10-18(25)11-9-17/h6-13H,5,14,25H2,1-4H3,(H,26,28). The van der Waals surface area contributed by atoms with E-state index < -0.39 is 11.6 Å². The molecule has 3 N–H and O–H groups in total. The average molecular weight is 454 g/mol. The molecule has 0 aliphatic heterocycles.